The quantitative estimate of drug-likeness (QED) is 0.738. The van der Waals surface area contributed by atoms with Gasteiger partial charge in [0.05, 0.1) is 18.8 Å². The molecule has 0 radical (unpaired) electrons. The fraction of sp³-hybridized carbons (Fsp3) is 0.412. The summed E-state index contributed by atoms with van der Waals surface area (Å²) in [5.41, 5.74) is 0.188. The van der Waals surface area contributed by atoms with Gasteiger partial charge < -0.3 is 14.7 Å². The minimum absolute atomic E-state index is 0.0631. The van der Waals surface area contributed by atoms with Crippen molar-refractivity contribution in [2.24, 2.45) is 0 Å². The summed E-state index contributed by atoms with van der Waals surface area (Å²) in [4.78, 5) is 2.12. The van der Waals surface area contributed by atoms with Crippen LogP contribution in [0.5, 0.6) is 5.75 Å². The number of hydrogen-bond donors (Lipinski definition) is 1. The molecule has 1 rings (SSSR count). The van der Waals surface area contributed by atoms with Gasteiger partial charge in [0.25, 0.3) is 0 Å². The van der Waals surface area contributed by atoms with E-state index in [1.807, 2.05) is 44.2 Å². The van der Waals surface area contributed by atoms with Gasteiger partial charge >= 0.3 is 0 Å². The van der Waals surface area contributed by atoms with Crippen molar-refractivity contribution in [3.8, 4) is 5.75 Å². The van der Waals surface area contributed by atoms with Gasteiger partial charge in [0, 0.05) is 12.2 Å². The lowest BCUT2D eigenvalue weighted by molar-refractivity contribution is 0.0392. The fourth-order valence-electron chi connectivity index (χ4n) is 2.20. The molecular weight excluding hydrogens is 250 g/mol. The van der Waals surface area contributed by atoms with E-state index in [4.69, 9.17) is 4.74 Å². The second-order valence-electron chi connectivity index (χ2n) is 5.17. The van der Waals surface area contributed by atoms with Crippen LogP contribution in [-0.2, 0) is 0 Å². The molecule has 0 bridgehead atoms. The molecule has 1 aromatic carbocycles. The molecule has 0 aliphatic carbocycles. The second kappa shape index (κ2) is 7.15. The predicted molar refractivity (Wildman–Crippen MR) is 85.4 cm³/mol. The summed E-state index contributed by atoms with van der Waals surface area (Å²) < 4.78 is 5.17. The summed E-state index contributed by atoms with van der Waals surface area (Å²) in [6.07, 6.45) is 4.12. The highest BCUT2D eigenvalue weighted by Gasteiger charge is 2.31. The molecule has 3 heteroatoms. The SMILES string of the molecule is C=CCN(c1ccc(OC)cc1)[C@H](C)[C@@](C)(O)CC=C. The Labute approximate surface area is 122 Å². The normalized spacial score (nSPS) is 15.0. The van der Waals surface area contributed by atoms with E-state index < -0.39 is 5.60 Å². The maximum absolute atomic E-state index is 10.6. The maximum Gasteiger partial charge on any atom is 0.119 e. The molecule has 110 valence electrons. The van der Waals surface area contributed by atoms with Crippen molar-refractivity contribution in [1.29, 1.82) is 0 Å². The largest absolute Gasteiger partial charge is 0.497 e. The molecule has 20 heavy (non-hydrogen) atoms. The third-order valence-corrected chi connectivity index (χ3v) is 3.65. The second-order valence-corrected chi connectivity index (χ2v) is 5.17. The van der Waals surface area contributed by atoms with E-state index in [0.717, 1.165) is 11.4 Å². The van der Waals surface area contributed by atoms with Crippen LogP contribution >= 0.6 is 0 Å². The van der Waals surface area contributed by atoms with Crippen molar-refractivity contribution in [3.63, 3.8) is 0 Å². The Bertz CT molecular complexity index is 437. The average molecular weight is 275 g/mol. The lowest BCUT2D eigenvalue weighted by Gasteiger charge is -2.39. The highest BCUT2D eigenvalue weighted by molar-refractivity contribution is 5.51. The van der Waals surface area contributed by atoms with E-state index in [9.17, 15) is 5.11 Å². The number of aliphatic hydroxyl groups is 1. The van der Waals surface area contributed by atoms with Crippen LogP contribution in [0.2, 0.25) is 0 Å². The van der Waals surface area contributed by atoms with Crippen molar-refractivity contribution in [3.05, 3.63) is 49.6 Å². The fourth-order valence-corrected chi connectivity index (χ4v) is 2.20. The van der Waals surface area contributed by atoms with Gasteiger partial charge in [0.2, 0.25) is 0 Å². The van der Waals surface area contributed by atoms with Gasteiger partial charge in [-0.05, 0) is 44.5 Å². The molecular formula is C17H25NO2. The van der Waals surface area contributed by atoms with Crippen molar-refractivity contribution >= 4 is 5.69 Å². The van der Waals surface area contributed by atoms with Gasteiger partial charge in [-0.1, -0.05) is 12.2 Å². The van der Waals surface area contributed by atoms with E-state index in [-0.39, 0.29) is 6.04 Å². The summed E-state index contributed by atoms with van der Waals surface area (Å²) in [6, 6.07) is 7.75. The number of benzene rings is 1. The maximum atomic E-state index is 10.6. The first-order valence-electron chi connectivity index (χ1n) is 6.81. The molecule has 0 spiro atoms. The first-order chi connectivity index (χ1) is 9.46. The van der Waals surface area contributed by atoms with Gasteiger partial charge in [0.15, 0.2) is 0 Å². The van der Waals surface area contributed by atoms with Crippen molar-refractivity contribution in [2.45, 2.75) is 31.9 Å². The smallest absolute Gasteiger partial charge is 0.119 e. The van der Waals surface area contributed by atoms with E-state index in [0.29, 0.717) is 13.0 Å². The Morgan fingerprint density at radius 1 is 1.30 bits per heavy atom. The zero-order valence-corrected chi connectivity index (χ0v) is 12.7. The lowest BCUT2D eigenvalue weighted by atomic mass is 9.92. The molecule has 0 aliphatic rings. The Balaban J connectivity index is 3.02. The molecule has 0 unspecified atom stereocenters. The first-order valence-corrected chi connectivity index (χ1v) is 6.81. The molecule has 0 saturated carbocycles. The number of anilines is 1. The molecule has 0 heterocycles. The molecule has 0 aromatic heterocycles. The van der Waals surface area contributed by atoms with Gasteiger partial charge in [0.1, 0.15) is 5.75 Å². The number of nitrogens with zero attached hydrogens (tertiary/aromatic N) is 1. The molecule has 0 aliphatic heterocycles. The summed E-state index contributed by atoms with van der Waals surface area (Å²) >= 11 is 0. The highest BCUT2D eigenvalue weighted by atomic mass is 16.5. The lowest BCUT2D eigenvalue weighted by Crippen LogP contribution is -2.49. The van der Waals surface area contributed by atoms with Gasteiger partial charge in [-0.3, -0.25) is 0 Å². The third-order valence-electron chi connectivity index (χ3n) is 3.65. The molecule has 0 amide bonds. The minimum Gasteiger partial charge on any atom is -0.497 e. The number of rotatable bonds is 8. The van der Waals surface area contributed by atoms with Crippen LogP contribution in [0.4, 0.5) is 5.69 Å². The summed E-state index contributed by atoms with van der Waals surface area (Å²) in [5.74, 6) is 0.817. The van der Waals surface area contributed by atoms with E-state index >= 15 is 0 Å². The molecule has 1 aromatic rings. The van der Waals surface area contributed by atoms with Gasteiger partial charge in [-0.25, -0.2) is 0 Å². The monoisotopic (exact) mass is 275 g/mol. The van der Waals surface area contributed by atoms with Gasteiger partial charge in [-0.2, -0.15) is 0 Å². The Morgan fingerprint density at radius 3 is 2.35 bits per heavy atom. The van der Waals surface area contributed by atoms with Crippen LogP contribution in [0.1, 0.15) is 20.3 Å². The van der Waals surface area contributed by atoms with E-state index in [2.05, 4.69) is 18.1 Å². The van der Waals surface area contributed by atoms with Crippen molar-refractivity contribution in [1.82, 2.24) is 0 Å². The van der Waals surface area contributed by atoms with Crippen molar-refractivity contribution in [2.75, 3.05) is 18.6 Å². The molecule has 0 fully saturated rings. The van der Waals surface area contributed by atoms with Crippen LogP contribution in [0.3, 0.4) is 0 Å². The highest BCUT2D eigenvalue weighted by Crippen LogP contribution is 2.27. The minimum atomic E-state index is -0.843. The average Bonchev–Trinajstić information content (AvgIpc) is 2.44. The first kappa shape index (κ1) is 16.3. The Kier molecular flexibility index (Phi) is 5.83. The summed E-state index contributed by atoms with van der Waals surface area (Å²) in [5, 5.41) is 10.6. The van der Waals surface area contributed by atoms with E-state index in [1.165, 1.54) is 0 Å². The molecule has 1 N–H and O–H groups in total. The Morgan fingerprint density at radius 2 is 1.90 bits per heavy atom. The topological polar surface area (TPSA) is 32.7 Å². The van der Waals surface area contributed by atoms with Crippen molar-refractivity contribution < 1.29 is 9.84 Å². The van der Waals surface area contributed by atoms with Gasteiger partial charge in [-0.15, -0.1) is 13.2 Å². The number of ether oxygens (including phenoxy) is 1. The third kappa shape index (κ3) is 3.87. The van der Waals surface area contributed by atoms with Crippen LogP contribution in [0.15, 0.2) is 49.6 Å². The number of hydrogen-bond acceptors (Lipinski definition) is 3. The van der Waals surface area contributed by atoms with E-state index in [1.54, 1.807) is 13.2 Å². The molecule has 2 atom stereocenters. The predicted octanol–water partition coefficient (Wildman–Crippen LogP) is 3.40. The standard InChI is InChI=1S/C17H25NO2/c1-6-12-17(4,19)14(3)18(13-7-2)15-8-10-16(20-5)11-9-15/h6-11,14,19H,1-2,12-13H2,3-5H3/t14-,17+/m1/s1. The van der Waals surface area contributed by atoms with Crippen LogP contribution in [0, 0.1) is 0 Å². The Hall–Kier alpha value is -1.74. The summed E-state index contributed by atoms with van der Waals surface area (Å²) in [6.45, 7) is 12.0. The van der Waals surface area contributed by atoms with Crippen LogP contribution < -0.4 is 9.64 Å². The number of methoxy groups -OCH3 is 1. The zero-order valence-electron chi connectivity index (χ0n) is 12.7. The van der Waals surface area contributed by atoms with Crippen LogP contribution in [-0.4, -0.2) is 30.4 Å². The summed E-state index contributed by atoms with van der Waals surface area (Å²) in [7, 11) is 1.65. The zero-order chi connectivity index (χ0) is 15.2. The van der Waals surface area contributed by atoms with Crippen LogP contribution in [0.25, 0.3) is 0 Å². The molecule has 3 nitrogen and oxygen atoms in total. The molecule has 0 saturated heterocycles.